The maximum atomic E-state index is 14.1. The lowest BCUT2D eigenvalue weighted by Gasteiger charge is -2.13. The molecule has 1 amide bonds. The molecule has 8 nitrogen and oxygen atoms in total. The Hall–Kier alpha value is -3.86. The number of carbonyl (C=O) groups excluding carboxylic acids is 1. The third-order valence-corrected chi connectivity index (χ3v) is 8.24. The molecule has 37 heavy (non-hydrogen) atoms. The average Bonchev–Trinajstić information content (AvgIpc) is 3.41. The summed E-state index contributed by atoms with van der Waals surface area (Å²) in [5.74, 6) is -1.52. The Labute approximate surface area is 212 Å². The molecule has 1 aliphatic heterocycles. The van der Waals surface area contributed by atoms with E-state index in [9.17, 15) is 22.0 Å². The SMILES string of the molecule is COc1cccc(-c2cc(C(=O)NCc3c(F)cccc3F)c3c(C)nn(C4CCS(=O)(=O)C4)c3n2)c1. The first-order valence-electron chi connectivity index (χ1n) is 11.6. The van der Waals surface area contributed by atoms with E-state index in [4.69, 9.17) is 9.72 Å². The maximum Gasteiger partial charge on any atom is 0.252 e. The van der Waals surface area contributed by atoms with Gasteiger partial charge in [-0.3, -0.25) is 4.79 Å². The number of halogens is 2. The number of hydrogen-bond donors (Lipinski definition) is 1. The number of aryl methyl sites for hydroxylation is 1. The summed E-state index contributed by atoms with van der Waals surface area (Å²) in [6.07, 6.45) is 0.387. The highest BCUT2D eigenvalue weighted by Crippen LogP contribution is 2.33. The van der Waals surface area contributed by atoms with Crippen molar-refractivity contribution >= 4 is 26.8 Å². The van der Waals surface area contributed by atoms with Crippen LogP contribution in [0.3, 0.4) is 0 Å². The number of carbonyl (C=O) groups is 1. The molecular weight excluding hydrogens is 502 g/mol. The summed E-state index contributed by atoms with van der Waals surface area (Å²) in [6.45, 7) is 1.35. The van der Waals surface area contributed by atoms with Gasteiger partial charge in [0.1, 0.15) is 17.4 Å². The Kier molecular flexibility index (Phi) is 6.40. The summed E-state index contributed by atoms with van der Waals surface area (Å²) in [6, 6.07) is 11.8. The molecule has 4 aromatic rings. The topological polar surface area (TPSA) is 103 Å². The Morgan fingerprint density at radius 2 is 1.89 bits per heavy atom. The molecule has 0 spiro atoms. The van der Waals surface area contributed by atoms with Gasteiger partial charge in [-0.05, 0) is 43.7 Å². The van der Waals surface area contributed by atoms with Gasteiger partial charge in [0.2, 0.25) is 0 Å². The first-order valence-corrected chi connectivity index (χ1v) is 13.4. The lowest BCUT2D eigenvalue weighted by molar-refractivity contribution is 0.0952. The second kappa shape index (κ2) is 9.55. The van der Waals surface area contributed by atoms with Crippen molar-refractivity contribution in [2.45, 2.75) is 25.9 Å². The molecule has 1 atom stereocenters. The molecule has 0 saturated carbocycles. The van der Waals surface area contributed by atoms with E-state index >= 15 is 0 Å². The number of ether oxygens (including phenoxy) is 1. The van der Waals surface area contributed by atoms with Crippen LogP contribution >= 0.6 is 0 Å². The van der Waals surface area contributed by atoms with Crippen LogP contribution in [0.25, 0.3) is 22.3 Å². The third kappa shape index (κ3) is 4.78. The number of aromatic nitrogens is 3. The van der Waals surface area contributed by atoms with Crippen LogP contribution in [-0.2, 0) is 16.4 Å². The van der Waals surface area contributed by atoms with Crippen molar-refractivity contribution in [1.82, 2.24) is 20.1 Å². The summed E-state index contributed by atoms with van der Waals surface area (Å²) < 4.78 is 59.5. The lowest BCUT2D eigenvalue weighted by atomic mass is 10.0. The molecule has 1 saturated heterocycles. The van der Waals surface area contributed by atoms with Gasteiger partial charge in [0, 0.05) is 17.7 Å². The van der Waals surface area contributed by atoms with Crippen LogP contribution in [-0.4, -0.2) is 47.7 Å². The van der Waals surface area contributed by atoms with E-state index in [1.165, 1.54) is 13.2 Å². The van der Waals surface area contributed by atoms with Crippen LogP contribution in [0.15, 0.2) is 48.5 Å². The van der Waals surface area contributed by atoms with Gasteiger partial charge >= 0.3 is 0 Å². The van der Waals surface area contributed by atoms with E-state index in [1.54, 1.807) is 41.9 Å². The average molecular weight is 527 g/mol. The fourth-order valence-corrected chi connectivity index (χ4v) is 6.30. The molecular formula is C26H24F2N4O4S. The van der Waals surface area contributed by atoms with Crippen molar-refractivity contribution in [1.29, 1.82) is 0 Å². The Morgan fingerprint density at radius 1 is 1.16 bits per heavy atom. The van der Waals surface area contributed by atoms with Crippen LogP contribution in [0.1, 0.15) is 34.1 Å². The molecule has 1 aliphatic rings. The lowest BCUT2D eigenvalue weighted by Crippen LogP contribution is -2.24. The summed E-state index contributed by atoms with van der Waals surface area (Å²) in [7, 11) is -1.67. The molecule has 1 N–H and O–H groups in total. The zero-order valence-corrected chi connectivity index (χ0v) is 21.0. The van der Waals surface area contributed by atoms with Crippen LogP contribution < -0.4 is 10.1 Å². The zero-order valence-electron chi connectivity index (χ0n) is 20.2. The van der Waals surface area contributed by atoms with Gasteiger partial charge in [0.25, 0.3) is 5.91 Å². The predicted molar refractivity (Wildman–Crippen MR) is 134 cm³/mol. The number of amides is 1. The normalized spacial score (nSPS) is 16.7. The highest BCUT2D eigenvalue weighted by atomic mass is 32.2. The minimum Gasteiger partial charge on any atom is -0.497 e. The molecule has 2 aromatic heterocycles. The number of rotatable bonds is 6. The number of hydrogen-bond acceptors (Lipinski definition) is 6. The maximum absolute atomic E-state index is 14.1. The van der Waals surface area contributed by atoms with Gasteiger partial charge in [0.05, 0.1) is 47.0 Å². The molecule has 0 radical (unpaired) electrons. The standard InChI is InChI=1S/C26H24F2N4O4S/c1-15-24-19(26(33)29-13-20-21(27)7-4-8-22(20)28)12-23(16-5-3-6-18(11-16)36-2)30-25(24)32(31-15)17-9-10-37(34,35)14-17/h3-8,11-12,17H,9-10,13-14H2,1-2H3,(H,29,33). The molecule has 0 aliphatic carbocycles. The molecule has 5 rings (SSSR count). The van der Waals surface area contributed by atoms with Crippen molar-refractivity contribution in [3.63, 3.8) is 0 Å². The minimum atomic E-state index is -3.20. The molecule has 192 valence electrons. The summed E-state index contributed by atoms with van der Waals surface area (Å²) in [5, 5.41) is 7.61. The number of nitrogens with one attached hydrogen (secondary N) is 1. The number of fused-ring (bicyclic) bond motifs is 1. The molecule has 1 fully saturated rings. The van der Waals surface area contributed by atoms with Crippen LogP contribution in [0.2, 0.25) is 0 Å². The molecule has 1 unspecified atom stereocenters. The Morgan fingerprint density at radius 3 is 2.57 bits per heavy atom. The monoisotopic (exact) mass is 526 g/mol. The van der Waals surface area contributed by atoms with E-state index in [0.717, 1.165) is 12.1 Å². The van der Waals surface area contributed by atoms with E-state index in [-0.39, 0.29) is 29.2 Å². The minimum absolute atomic E-state index is 0.0508. The number of benzene rings is 2. The first-order chi connectivity index (χ1) is 17.7. The second-order valence-corrected chi connectivity index (χ2v) is 11.2. The summed E-state index contributed by atoms with van der Waals surface area (Å²) in [4.78, 5) is 18.2. The van der Waals surface area contributed by atoms with Crippen molar-refractivity contribution in [2.75, 3.05) is 18.6 Å². The Bertz CT molecular complexity index is 1620. The summed E-state index contributed by atoms with van der Waals surface area (Å²) in [5.41, 5.74) is 1.92. The molecule has 0 bridgehead atoms. The van der Waals surface area contributed by atoms with E-state index < -0.39 is 33.4 Å². The van der Waals surface area contributed by atoms with Crippen molar-refractivity contribution in [2.24, 2.45) is 0 Å². The number of nitrogens with zero attached hydrogens (tertiary/aromatic N) is 3. The van der Waals surface area contributed by atoms with Crippen LogP contribution in [0.4, 0.5) is 8.78 Å². The van der Waals surface area contributed by atoms with Crippen molar-refractivity contribution in [3.8, 4) is 17.0 Å². The van der Waals surface area contributed by atoms with Gasteiger partial charge in [0.15, 0.2) is 15.5 Å². The van der Waals surface area contributed by atoms with E-state index in [0.29, 0.717) is 40.2 Å². The second-order valence-electron chi connectivity index (χ2n) is 8.96. The fraction of sp³-hybridized carbons (Fsp3) is 0.269. The van der Waals surface area contributed by atoms with Crippen molar-refractivity contribution < 1.29 is 26.7 Å². The van der Waals surface area contributed by atoms with Gasteiger partial charge in [-0.15, -0.1) is 0 Å². The van der Waals surface area contributed by atoms with Gasteiger partial charge in [-0.2, -0.15) is 5.10 Å². The highest BCUT2D eigenvalue weighted by molar-refractivity contribution is 7.91. The molecule has 11 heteroatoms. The van der Waals surface area contributed by atoms with Gasteiger partial charge in [-0.1, -0.05) is 18.2 Å². The fourth-order valence-electron chi connectivity index (χ4n) is 4.61. The van der Waals surface area contributed by atoms with Crippen LogP contribution in [0.5, 0.6) is 5.75 Å². The number of sulfone groups is 1. The van der Waals surface area contributed by atoms with Crippen molar-refractivity contribution in [3.05, 3.63) is 77.0 Å². The predicted octanol–water partition coefficient (Wildman–Crippen LogP) is 3.98. The van der Waals surface area contributed by atoms with Crippen LogP contribution in [0, 0.1) is 18.6 Å². The first kappa shape index (κ1) is 24.8. The Balaban J connectivity index is 1.63. The molecule has 3 heterocycles. The molecule has 2 aromatic carbocycles. The smallest absolute Gasteiger partial charge is 0.252 e. The third-order valence-electron chi connectivity index (χ3n) is 6.49. The number of pyridine rings is 1. The van der Waals surface area contributed by atoms with Gasteiger partial charge in [-0.25, -0.2) is 26.9 Å². The van der Waals surface area contributed by atoms with Gasteiger partial charge < -0.3 is 10.1 Å². The zero-order chi connectivity index (χ0) is 26.3. The van der Waals surface area contributed by atoms with E-state index in [2.05, 4.69) is 10.4 Å². The highest BCUT2D eigenvalue weighted by Gasteiger charge is 2.32. The number of methoxy groups -OCH3 is 1. The van der Waals surface area contributed by atoms with E-state index in [1.807, 2.05) is 0 Å². The quantitative estimate of drug-likeness (QED) is 0.408. The summed E-state index contributed by atoms with van der Waals surface area (Å²) >= 11 is 0. The largest absolute Gasteiger partial charge is 0.497 e.